The maximum Gasteiger partial charge on any atom is 0.338 e. The summed E-state index contributed by atoms with van der Waals surface area (Å²) in [7, 11) is 0. The number of anilines is 1. The summed E-state index contributed by atoms with van der Waals surface area (Å²) in [6.45, 7) is 1.51. The lowest BCUT2D eigenvalue weighted by molar-refractivity contribution is -0.137. The molecule has 0 aliphatic rings. The lowest BCUT2D eigenvalue weighted by Crippen LogP contribution is -2.25. The Bertz CT molecular complexity index is 617. The second kappa shape index (κ2) is 4.29. The number of para-hydroxylation sites is 1. The summed E-state index contributed by atoms with van der Waals surface area (Å²) < 4.78 is 5.00. The summed E-state index contributed by atoms with van der Waals surface area (Å²) in [6.07, 6.45) is 0. The van der Waals surface area contributed by atoms with Gasteiger partial charge in [0.1, 0.15) is 11.6 Å². The number of benzene rings is 1. The molecule has 17 heavy (non-hydrogen) atoms. The first-order valence-corrected chi connectivity index (χ1v) is 5.10. The van der Waals surface area contributed by atoms with Crippen LogP contribution in [-0.4, -0.2) is 17.1 Å². The van der Waals surface area contributed by atoms with E-state index >= 15 is 0 Å². The molecule has 2 rings (SSSR count). The van der Waals surface area contributed by atoms with E-state index in [1.54, 1.807) is 24.3 Å². The van der Waals surface area contributed by atoms with Gasteiger partial charge in [0, 0.05) is 11.5 Å². The molecule has 0 saturated heterocycles. The van der Waals surface area contributed by atoms with E-state index in [4.69, 9.17) is 9.52 Å². The van der Waals surface area contributed by atoms with Crippen molar-refractivity contribution in [2.24, 2.45) is 0 Å². The first-order valence-electron chi connectivity index (χ1n) is 5.10. The predicted octanol–water partition coefficient (Wildman–Crippen LogP) is 1.68. The first-order chi connectivity index (χ1) is 8.08. The molecule has 0 aliphatic heterocycles. The molecule has 1 unspecified atom stereocenters. The van der Waals surface area contributed by atoms with Gasteiger partial charge in [-0.25, -0.2) is 4.79 Å². The van der Waals surface area contributed by atoms with Gasteiger partial charge in [-0.05, 0) is 19.1 Å². The van der Waals surface area contributed by atoms with Crippen molar-refractivity contribution >= 4 is 22.6 Å². The van der Waals surface area contributed by atoms with Crippen molar-refractivity contribution in [3.63, 3.8) is 0 Å². The van der Waals surface area contributed by atoms with Crippen molar-refractivity contribution in [1.29, 1.82) is 0 Å². The molecule has 0 radical (unpaired) electrons. The zero-order valence-corrected chi connectivity index (χ0v) is 9.14. The summed E-state index contributed by atoms with van der Waals surface area (Å²) in [4.78, 5) is 22.1. The van der Waals surface area contributed by atoms with Gasteiger partial charge in [-0.15, -0.1) is 0 Å². The third-order valence-electron chi connectivity index (χ3n) is 2.39. The molecule has 0 saturated carbocycles. The highest BCUT2D eigenvalue weighted by molar-refractivity contribution is 5.91. The van der Waals surface area contributed by atoms with Crippen LogP contribution < -0.4 is 10.9 Å². The zero-order valence-electron chi connectivity index (χ0n) is 9.14. The maximum atomic E-state index is 11.3. The van der Waals surface area contributed by atoms with Crippen molar-refractivity contribution in [2.75, 3.05) is 5.32 Å². The minimum Gasteiger partial charge on any atom is -0.480 e. The van der Waals surface area contributed by atoms with E-state index in [1.807, 2.05) is 0 Å². The number of hydrogen-bond donors (Lipinski definition) is 2. The third kappa shape index (κ3) is 2.28. The van der Waals surface area contributed by atoms with Crippen molar-refractivity contribution in [1.82, 2.24) is 0 Å². The summed E-state index contributed by atoms with van der Waals surface area (Å²) in [5, 5.41) is 12.3. The Morgan fingerprint density at radius 3 is 2.82 bits per heavy atom. The Kier molecular flexibility index (Phi) is 2.82. The van der Waals surface area contributed by atoms with Gasteiger partial charge in [0.25, 0.3) is 0 Å². The number of nitrogens with one attached hydrogen (secondary N) is 1. The molecule has 0 aliphatic carbocycles. The summed E-state index contributed by atoms with van der Waals surface area (Å²) in [5.74, 6) is -0.984. The zero-order chi connectivity index (χ0) is 12.4. The summed E-state index contributed by atoms with van der Waals surface area (Å²) in [6, 6.07) is 7.43. The van der Waals surface area contributed by atoms with Crippen LogP contribution in [0.3, 0.4) is 0 Å². The second-order valence-corrected chi connectivity index (χ2v) is 3.68. The van der Waals surface area contributed by atoms with Gasteiger partial charge in [-0.1, -0.05) is 12.1 Å². The average molecular weight is 233 g/mol. The van der Waals surface area contributed by atoms with E-state index in [-0.39, 0.29) is 0 Å². The fraction of sp³-hybridized carbons (Fsp3) is 0.167. The van der Waals surface area contributed by atoms with Crippen LogP contribution in [0.5, 0.6) is 0 Å². The van der Waals surface area contributed by atoms with E-state index in [0.717, 1.165) is 0 Å². The largest absolute Gasteiger partial charge is 0.480 e. The number of carbonyl (C=O) groups is 1. The first kappa shape index (κ1) is 11.2. The lowest BCUT2D eigenvalue weighted by atomic mass is 10.2. The van der Waals surface area contributed by atoms with Gasteiger partial charge in [0.2, 0.25) is 0 Å². The van der Waals surface area contributed by atoms with E-state index in [1.165, 1.54) is 13.0 Å². The fourth-order valence-electron chi connectivity index (χ4n) is 1.53. The fourth-order valence-corrected chi connectivity index (χ4v) is 1.53. The van der Waals surface area contributed by atoms with Crippen LogP contribution in [0, 0.1) is 0 Å². The standard InChI is InChI=1S/C12H11NO4/c1-7(12(15)16)13-9-6-11(14)17-10-5-3-2-4-8(9)10/h2-7,13H,1H3,(H,15,16). The Morgan fingerprint density at radius 1 is 1.41 bits per heavy atom. The lowest BCUT2D eigenvalue weighted by Gasteiger charge is -2.11. The summed E-state index contributed by atoms with van der Waals surface area (Å²) in [5.41, 5.74) is 0.385. The minimum absolute atomic E-state index is 0.431. The smallest absolute Gasteiger partial charge is 0.338 e. The van der Waals surface area contributed by atoms with E-state index in [0.29, 0.717) is 16.7 Å². The Balaban J connectivity index is 2.52. The van der Waals surface area contributed by atoms with Gasteiger partial charge in [0.05, 0.1) is 5.69 Å². The Labute approximate surface area is 96.7 Å². The monoisotopic (exact) mass is 233 g/mol. The molecular weight excluding hydrogens is 222 g/mol. The molecule has 2 N–H and O–H groups in total. The second-order valence-electron chi connectivity index (χ2n) is 3.68. The molecule has 1 aromatic carbocycles. The molecule has 5 heteroatoms. The highest BCUT2D eigenvalue weighted by Gasteiger charge is 2.13. The average Bonchev–Trinajstić information content (AvgIpc) is 2.28. The molecule has 1 atom stereocenters. The number of rotatable bonds is 3. The van der Waals surface area contributed by atoms with Crippen molar-refractivity contribution in [2.45, 2.75) is 13.0 Å². The molecule has 88 valence electrons. The topological polar surface area (TPSA) is 79.5 Å². The van der Waals surface area contributed by atoms with E-state index in [9.17, 15) is 9.59 Å². The minimum atomic E-state index is -0.984. The van der Waals surface area contributed by atoms with Crippen LogP contribution in [0.25, 0.3) is 11.0 Å². The Hall–Kier alpha value is -2.30. The summed E-state index contributed by atoms with van der Waals surface area (Å²) >= 11 is 0. The highest BCUT2D eigenvalue weighted by atomic mass is 16.4. The van der Waals surface area contributed by atoms with Gasteiger partial charge in [-0.2, -0.15) is 0 Å². The molecule has 0 fully saturated rings. The van der Waals surface area contributed by atoms with Crippen LogP contribution in [0.15, 0.2) is 39.5 Å². The van der Waals surface area contributed by atoms with Crippen molar-refractivity contribution < 1.29 is 14.3 Å². The van der Waals surface area contributed by atoms with Crippen LogP contribution in [0.2, 0.25) is 0 Å². The Morgan fingerprint density at radius 2 is 2.12 bits per heavy atom. The molecule has 0 spiro atoms. The molecule has 5 nitrogen and oxygen atoms in total. The molecule has 0 bridgehead atoms. The van der Waals surface area contributed by atoms with Gasteiger partial charge < -0.3 is 14.8 Å². The van der Waals surface area contributed by atoms with Crippen LogP contribution in [0.1, 0.15) is 6.92 Å². The van der Waals surface area contributed by atoms with Gasteiger partial charge in [0.15, 0.2) is 0 Å². The number of carboxylic acids is 1. The van der Waals surface area contributed by atoms with Gasteiger partial charge in [-0.3, -0.25) is 4.79 Å². The van der Waals surface area contributed by atoms with Crippen LogP contribution in [0.4, 0.5) is 5.69 Å². The SMILES string of the molecule is CC(Nc1cc(=O)oc2ccccc12)C(=O)O. The molecule has 0 amide bonds. The number of hydrogen-bond acceptors (Lipinski definition) is 4. The number of carboxylic acid groups (broad SMARTS) is 1. The quantitative estimate of drug-likeness (QED) is 0.788. The highest BCUT2D eigenvalue weighted by Crippen LogP contribution is 2.21. The van der Waals surface area contributed by atoms with E-state index in [2.05, 4.69) is 5.32 Å². The van der Waals surface area contributed by atoms with E-state index < -0.39 is 17.6 Å². The molecule has 1 aromatic heterocycles. The van der Waals surface area contributed by atoms with Crippen molar-refractivity contribution in [3.8, 4) is 0 Å². The van der Waals surface area contributed by atoms with Crippen LogP contribution >= 0.6 is 0 Å². The number of aliphatic carboxylic acids is 1. The third-order valence-corrected chi connectivity index (χ3v) is 2.39. The molecular formula is C12H11NO4. The normalized spacial score (nSPS) is 12.3. The van der Waals surface area contributed by atoms with Crippen LogP contribution in [-0.2, 0) is 4.79 Å². The maximum absolute atomic E-state index is 11.3. The number of fused-ring (bicyclic) bond motifs is 1. The molecule has 2 aromatic rings. The molecule has 1 heterocycles. The predicted molar refractivity (Wildman–Crippen MR) is 63.2 cm³/mol. The van der Waals surface area contributed by atoms with Crippen molar-refractivity contribution in [3.05, 3.63) is 40.8 Å². The van der Waals surface area contributed by atoms with Gasteiger partial charge >= 0.3 is 11.6 Å².